The van der Waals surface area contributed by atoms with Crippen molar-refractivity contribution in [2.45, 2.75) is 19.9 Å². The smallest absolute Gasteiger partial charge is 0.339 e. The van der Waals surface area contributed by atoms with Gasteiger partial charge in [-0.1, -0.05) is 26.0 Å². The molecule has 0 aliphatic carbocycles. The van der Waals surface area contributed by atoms with Crippen LogP contribution in [0, 0.1) is 0 Å². The summed E-state index contributed by atoms with van der Waals surface area (Å²) in [4.78, 5) is 17.4. The molecule has 23 heavy (non-hydrogen) atoms. The molecule has 1 unspecified atom stereocenters. The molecule has 0 bridgehead atoms. The molecular weight excluding hydrogens is 296 g/mol. The highest BCUT2D eigenvalue weighted by Crippen LogP contribution is 2.40. The molecule has 6 nitrogen and oxygen atoms in total. The zero-order valence-electron chi connectivity index (χ0n) is 13.1. The summed E-state index contributed by atoms with van der Waals surface area (Å²) in [6.45, 7) is 4.08. The van der Waals surface area contributed by atoms with Crippen LogP contribution in [0.25, 0.3) is 0 Å². The van der Waals surface area contributed by atoms with Crippen molar-refractivity contribution in [2.24, 2.45) is 0 Å². The number of nitrogens with zero attached hydrogens (tertiary/aromatic N) is 2. The topological polar surface area (TPSA) is 82.9 Å². The van der Waals surface area contributed by atoms with Crippen molar-refractivity contribution in [3.8, 4) is 5.75 Å². The Labute approximate surface area is 135 Å². The maximum atomic E-state index is 11.3. The fraction of sp³-hybridized carbons (Fsp3) is 0.294. The lowest BCUT2D eigenvalue weighted by Crippen LogP contribution is -2.43. The van der Waals surface area contributed by atoms with Gasteiger partial charge in [0.25, 0.3) is 0 Å². The number of hydrogen-bond donors (Lipinski definition) is 2. The quantitative estimate of drug-likeness (QED) is 0.906. The average molecular weight is 316 g/mol. The number of carbonyl (C=O) groups is 1. The van der Waals surface area contributed by atoms with Gasteiger partial charge in [-0.15, -0.1) is 0 Å². The highest BCUT2D eigenvalue weighted by atomic mass is 16.5. The number of anilines is 2. The number of ether oxygens (including phenoxy) is 1. The van der Waals surface area contributed by atoms with E-state index in [1.165, 1.54) is 6.07 Å². The third kappa shape index (κ3) is 3.27. The minimum atomic E-state index is -1.05. The van der Waals surface area contributed by atoms with E-state index in [0.717, 1.165) is 0 Å². The van der Waals surface area contributed by atoms with Gasteiger partial charge in [0.05, 0.1) is 18.3 Å². The van der Waals surface area contributed by atoms with Gasteiger partial charge in [-0.2, -0.15) is 0 Å². The van der Waals surface area contributed by atoms with E-state index < -0.39 is 5.97 Å². The molecular formula is C17H20N2O4. The Morgan fingerprint density at radius 2 is 2.09 bits per heavy atom. The first-order chi connectivity index (χ1) is 11.2. The first-order valence-electron chi connectivity index (χ1n) is 7.52. The Morgan fingerprint density at radius 1 is 1.30 bits per heavy atom. The number of para-hydroxylation sites is 1. The Morgan fingerprint density at radius 3 is 2.70 bits per heavy atom. The zero-order valence-corrected chi connectivity index (χ0v) is 13.1. The van der Waals surface area contributed by atoms with Crippen molar-refractivity contribution < 1.29 is 19.7 Å². The second kappa shape index (κ2) is 7.60. The van der Waals surface area contributed by atoms with Crippen LogP contribution in [0.15, 0.2) is 42.6 Å². The molecule has 2 N–H and O–H groups in total. The van der Waals surface area contributed by atoms with E-state index in [0.29, 0.717) is 17.3 Å². The predicted octanol–water partition coefficient (Wildman–Crippen LogP) is 2.70. The largest absolute Gasteiger partial charge is 0.488 e. The van der Waals surface area contributed by atoms with E-state index in [1.807, 2.05) is 30.9 Å². The number of aromatic carboxylic acids is 1. The molecule has 6 heteroatoms. The first-order valence-corrected chi connectivity index (χ1v) is 7.52. The molecule has 2 heterocycles. The van der Waals surface area contributed by atoms with E-state index in [4.69, 9.17) is 4.74 Å². The molecule has 0 fully saturated rings. The van der Waals surface area contributed by atoms with Gasteiger partial charge < -0.3 is 19.8 Å². The van der Waals surface area contributed by atoms with Crippen LogP contribution < -0.4 is 9.64 Å². The summed E-state index contributed by atoms with van der Waals surface area (Å²) < 4.78 is 5.56. The van der Waals surface area contributed by atoms with Gasteiger partial charge in [0.1, 0.15) is 18.0 Å². The van der Waals surface area contributed by atoms with Crippen molar-refractivity contribution in [3.05, 3.63) is 48.2 Å². The van der Waals surface area contributed by atoms with Crippen LogP contribution in [0.5, 0.6) is 5.75 Å². The van der Waals surface area contributed by atoms with E-state index >= 15 is 0 Å². The number of carboxylic acids is 1. The summed E-state index contributed by atoms with van der Waals surface area (Å²) in [6, 6.07) is 10.1. The molecule has 0 radical (unpaired) electrons. The maximum absolute atomic E-state index is 11.3. The molecule has 1 aromatic carbocycles. The normalized spacial score (nSPS) is 15.8. The van der Waals surface area contributed by atoms with Crippen molar-refractivity contribution >= 4 is 17.5 Å². The number of aliphatic hydroxyl groups excluding tert-OH is 1. The molecule has 3 rings (SSSR count). The summed E-state index contributed by atoms with van der Waals surface area (Å²) >= 11 is 0. The minimum absolute atomic E-state index is 0.102. The Bertz CT molecular complexity index is 661. The van der Waals surface area contributed by atoms with E-state index in [2.05, 4.69) is 4.98 Å². The fourth-order valence-electron chi connectivity index (χ4n) is 2.43. The van der Waals surface area contributed by atoms with Crippen molar-refractivity contribution in [1.82, 2.24) is 4.98 Å². The summed E-state index contributed by atoms with van der Waals surface area (Å²) in [5, 5.41) is 18.8. The van der Waals surface area contributed by atoms with Gasteiger partial charge in [-0.25, -0.2) is 9.78 Å². The summed E-state index contributed by atoms with van der Waals surface area (Å²) in [7, 11) is 0. The lowest BCUT2D eigenvalue weighted by molar-refractivity contribution is 0.0690. The van der Waals surface area contributed by atoms with Crippen molar-refractivity contribution in [2.75, 3.05) is 18.1 Å². The van der Waals surface area contributed by atoms with Crippen LogP contribution in [0.3, 0.4) is 0 Å². The van der Waals surface area contributed by atoms with Crippen molar-refractivity contribution in [3.63, 3.8) is 0 Å². The molecule has 0 saturated heterocycles. The standard InChI is InChI=1S/C15H14N2O4.C2H6/c18-8-10-9-21-14-11(15(19)20)4-3-5-12(14)17(10)13-6-1-2-7-16-13;1-2/h1-7,10,18H,8-9H2,(H,19,20);1-2H3. The third-order valence-corrected chi connectivity index (χ3v) is 3.38. The van der Waals surface area contributed by atoms with Gasteiger partial charge in [-0.3, -0.25) is 0 Å². The molecule has 0 spiro atoms. The van der Waals surface area contributed by atoms with Crippen LogP contribution >= 0.6 is 0 Å². The van der Waals surface area contributed by atoms with Gasteiger partial charge in [0, 0.05) is 6.20 Å². The van der Waals surface area contributed by atoms with Gasteiger partial charge in [0.2, 0.25) is 0 Å². The van der Waals surface area contributed by atoms with Crippen LogP contribution in [0.1, 0.15) is 24.2 Å². The lowest BCUT2D eigenvalue weighted by Gasteiger charge is -2.37. The molecule has 0 amide bonds. The number of benzene rings is 1. The van der Waals surface area contributed by atoms with Crippen molar-refractivity contribution in [1.29, 1.82) is 0 Å². The number of hydrogen-bond acceptors (Lipinski definition) is 5. The number of aromatic nitrogens is 1. The van der Waals surface area contributed by atoms with Crippen LogP contribution in [-0.4, -0.2) is 40.4 Å². The van der Waals surface area contributed by atoms with Gasteiger partial charge in [-0.05, 0) is 24.3 Å². The van der Waals surface area contributed by atoms with Crippen LogP contribution in [-0.2, 0) is 0 Å². The molecule has 2 aromatic rings. The highest BCUT2D eigenvalue weighted by Gasteiger charge is 2.31. The fourth-order valence-corrected chi connectivity index (χ4v) is 2.43. The number of aliphatic hydroxyl groups is 1. The van der Waals surface area contributed by atoms with Gasteiger partial charge in [0.15, 0.2) is 5.75 Å². The maximum Gasteiger partial charge on any atom is 0.339 e. The first kappa shape index (κ1) is 16.8. The third-order valence-electron chi connectivity index (χ3n) is 3.38. The SMILES string of the molecule is CC.O=C(O)c1cccc2c1OCC(CO)N2c1ccccn1. The summed E-state index contributed by atoms with van der Waals surface area (Å²) in [5.74, 6) is -0.0979. The number of pyridine rings is 1. The molecule has 122 valence electrons. The summed E-state index contributed by atoms with van der Waals surface area (Å²) in [6.07, 6.45) is 1.65. The predicted molar refractivity (Wildman–Crippen MR) is 87.5 cm³/mol. The summed E-state index contributed by atoms with van der Waals surface area (Å²) in [5.41, 5.74) is 0.698. The Balaban J connectivity index is 0.000000924. The number of fused-ring (bicyclic) bond motifs is 1. The van der Waals surface area contributed by atoms with Gasteiger partial charge >= 0.3 is 5.97 Å². The zero-order chi connectivity index (χ0) is 16.8. The molecule has 1 aliphatic rings. The lowest BCUT2D eigenvalue weighted by atomic mass is 10.1. The molecule has 1 aromatic heterocycles. The highest BCUT2D eigenvalue weighted by molar-refractivity contribution is 5.94. The Kier molecular flexibility index (Phi) is 5.54. The average Bonchev–Trinajstić information content (AvgIpc) is 2.62. The molecule has 0 saturated carbocycles. The number of carboxylic acid groups (broad SMARTS) is 1. The minimum Gasteiger partial charge on any atom is -0.488 e. The second-order valence-electron chi connectivity index (χ2n) is 4.66. The molecule has 1 atom stereocenters. The monoisotopic (exact) mass is 316 g/mol. The van der Waals surface area contributed by atoms with Crippen LogP contribution in [0.4, 0.5) is 11.5 Å². The Hall–Kier alpha value is -2.60. The second-order valence-corrected chi connectivity index (χ2v) is 4.66. The van der Waals surface area contributed by atoms with E-state index in [1.54, 1.807) is 24.4 Å². The molecule has 1 aliphatic heterocycles. The van der Waals surface area contributed by atoms with Crippen LogP contribution in [0.2, 0.25) is 0 Å². The van der Waals surface area contributed by atoms with E-state index in [-0.39, 0.29) is 24.8 Å². The van der Waals surface area contributed by atoms with E-state index in [9.17, 15) is 15.0 Å². The number of rotatable bonds is 3.